The van der Waals surface area contributed by atoms with Gasteiger partial charge in [0.15, 0.2) is 10.3 Å². The molecule has 2 heterocycles. The Kier molecular flexibility index (Phi) is 1.93. The molecule has 0 saturated carbocycles. The predicted octanol–water partition coefficient (Wildman–Crippen LogP) is 0.566. The fraction of sp³-hybridized carbons (Fsp3) is 0.143. The number of fused-ring (bicyclic) bond motifs is 1. The van der Waals surface area contributed by atoms with Crippen LogP contribution in [-0.4, -0.2) is 19.5 Å². The minimum absolute atomic E-state index is 0.120. The molecular weight excluding hydrogens is 236 g/mol. The van der Waals surface area contributed by atoms with E-state index in [2.05, 4.69) is 25.9 Å². The minimum atomic E-state index is -0.120. The lowest BCUT2D eigenvalue weighted by atomic mass is 10.3. The molecule has 0 radical (unpaired) electrons. The molecule has 6 heteroatoms. The van der Waals surface area contributed by atoms with E-state index in [1.54, 1.807) is 10.7 Å². The molecule has 2 rings (SSSR count). The van der Waals surface area contributed by atoms with Crippen molar-refractivity contribution < 1.29 is 5.11 Å². The van der Waals surface area contributed by atoms with Crippen LogP contribution in [0.25, 0.3) is 5.65 Å². The van der Waals surface area contributed by atoms with Gasteiger partial charge in [-0.15, -0.1) is 0 Å². The first-order valence-corrected chi connectivity index (χ1v) is 4.40. The van der Waals surface area contributed by atoms with Crippen molar-refractivity contribution in [2.24, 2.45) is 0 Å². The Labute approximate surface area is 82.4 Å². The lowest BCUT2D eigenvalue weighted by molar-refractivity contribution is 0.281. The zero-order chi connectivity index (χ0) is 9.42. The molecule has 5 nitrogen and oxygen atoms in total. The quantitative estimate of drug-likeness (QED) is 0.767. The predicted molar refractivity (Wildman–Crippen MR) is 51.0 cm³/mol. The summed E-state index contributed by atoms with van der Waals surface area (Å²) in [7, 11) is 0. The van der Waals surface area contributed by atoms with E-state index in [1.807, 2.05) is 0 Å². The SMILES string of the molecule is Nc1c(CO)cnc2c(Br)ncn12. The molecule has 13 heavy (non-hydrogen) atoms. The Hall–Kier alpha value is -1.14. The number of nitrogen functional groups attached to an aromatic ring is 1. The first kappa shape index (κ1) is 8.46. The fourth-order valence-electron chi connectivity index (χ4n) is 1.09. The highest BCUT2D eigenvalue weighted by atomic mass is 79.9. The third kappa shape index (κ3) is 1.18. The third-order valence-corrected chi connectivity index (χ3v) is 2.36. The zero-order valence-corrected chi connectivity index (χ0v) is 8.19. The van der Waals surface area contributed by atoms with Gasteiger partial charge in [0.2, 0.25) is 0 Å². The lowest BCUT2D eigenvalue weighted by Crippen LogP contribution is -2.02. The molecule has 0 aromatic carbocycles. The van der Waals surface area contributed by atoms with E-state index in [-0.39, 0.29) is 6.61 Å². The van der Waals surface area contributed by atoms with Gasteiger partial charge in [0, 0.05) is 11.8 Å². The summed E-state index contributed by atoms with van der Waals surface area (Å²) < 4.78 is 2.26. The van der Waals surface area contributed by atoms with E-state index < -0.39 is 0 Å². The van der Waals surface area contributed by atoms with Crippen molar-refractivity contribution in [3.05, 3.63) is 22.7 Å². The van der Waals surface area contributed by atoms with Crippen molar-refractivity contribution in [1.82, 2.24) is 14.4 Å². The van der Waals surface area contributed by atoms with Crippen LogP contribution in [0.3, 0.4) is 0 Å². The number of aliphatic hydroxyl groups excluding tert-OH is 1. The minimum Gasteiger partial charge on any atom is -0.391 e. The summed E-state index contributed by atoms with van der Waals surface area (Å²) in [5.41, 5.74) is 6.99. The number of hydrogen-bond donors (Lipinski definition) is 2. The van der Waals surface area contributed by atoms with Crippen molar-refractivity contribution >= 4 is 27.4 Å². The highest BCUT2D eigenvalue weighted by Gasteiger charge is 2.07. The first-order valence-electron chi connectivity index (χ1n) is 3.61. The van der Waals surface area contributed by atoms with Crippen LogP contribution < -0.4 is 5.73 Å². The van der Waals surface area contributed by atoms with Crippen LogP contribution in [0.4, 0.5) is 5.82 Å². The van der Waals surface area contributed by atoms with Gasteiger partial charge in [-0.05, 0) is 15.9 Å². The second kappa shape index (κ2) is 2.97. The number of aromatic nitrogens is 3. The maximum absolute atomic E-state index is 8.92. The number of halogens is 1. The van der Waals surface area contributed by atoms with Gasteiger partial charge < -0.3 is 10.8 Å². The second-order valence-corrected chi connectivity index (χ2v) is 3.31. The summed E-state index contributed by atoms with van der Waals surface area (Å²) in [6, 6.07) is 0. The van der Waals surface area contributed by atoms with Crippen LogP contribution in [0.2, 0.25) is 0 Å². The number of aliphatic hydroxyl groups is 1. The molecule has 0 atom stereocenters. The molecule has 0 saturated heterocycles. The van der Waals surface area contributed by atoms with E-state index in [0.29, 0.717) is 21.6 Å². The topological polar surface area (TPSA) is 76.4 Å². The van der Waals surface area contributed by atoms with Gasteiger partial charge in [0.05, 0.1) is 6.61 Å². The molecular formula is C7H7BrN4O. The average Bonchev–Trinajstić information content (AvgIpc) is 2.50. The molecule has 2 aromatic heterocycles. The molecule has 0 bridgehead atoms. The monoisotopic (exact) mass is 242 g/mol. The average molecular weight is 243 g/mol. The van der Waals surface area contributed by atoms with Gasteiger partial charge in [-0.2, -0.15) is 0 Å². The highest BCUT2D eigenvalue weighted by molar-refractivity contribution is 9.10. The van der Waals surface area contributed by atoms with Gasteiger partial charge in [0.1, 0.15) is 12.1 Å². The van der Waals surface area contributed by atoms with Crippen molar-refractivity contribution in [2.75, 3.05) is 5.73 Å². The summed E-state index contributed by atoms with van der Waals surface area (Å²) in [6.07, 6.45) is 3.10. The summed E-state index contributed by atoms with van der Waals surface area (Å²) in [5.74, 6) is 0.464. The molecule has 0 amide bonds. The first-order chi connectivity index (χ1) is 6.24. The molecule has 0 aliphatic heterocycles. The molecule has 0 aliphatic rings. The van der Waals surface area contributed by atoms with E-state index >= 15 is 0 Å². The van der Waals surface area contributed by atoms with Gasteiger partial charge in [0.25, 0.3) is 0 Å². The van der Waals surface area contributed by atoms with Crippen molar-refractivity contribution in [2.45, 2.75) is 6.61 Å². The van der Waals surface area contributed by atoms with E-state index in [4.69, 9.17) is 10.8 Å². The Balaban J connectivity index is 2.80. The molecule has 0 spiro atoms. The molecule has 0 unspecified atom stereocenters. The van der Waals surface area contributed by atoms with Gasteiger partial charge in [-0.25, -0.2) is 9.97 Å². The number of nitrogens with zero attached hydrogens (tertiary/aromatic N) is 3. The third-order valence-electron chi connectivity index (χ3n) is 1.80. The van der Waals surface area contributed by atoms with Crippen LogP contribution in [0, 0.1) is 0 Å². The largest absolute Gasteiger partial charge is 0.391 e. The number of anilines is 1. The molecule has 68 valence electrons. The fourth-order valence-corrected chi connectivity index (χ4v) is 1.48. The maximum Gasteiger partial charge on any atom is 0.172 e. The normalized spacial score (nSPS) is 10.9. The Morgan fingerprint density at radius 2 is 2.31 bits per heavy atom. The van der Waals surface area contributed by atoms with Gasteiger partial charge in [-0.3, -0.25) is 4.40 Å². The van der Waals surface area contributed by atoms with Crippen LogP contribution in [-0.2, 0) is 6.61 Å². The van der Waals surface area contributed by atoms with Crippen molar-refractivity contribution in [1.29, 1.82) is 0 Å². The Bertz CT molecular complexity index is 453. The number of hydrogen-bond acceptors (Lipinski definition) is 4. The summed E-state index contributed by atoms with van der Waals surface area (Å²) >= 11 is 3.23. The van der Waals surface area contributed by atoms with Crippen LogP contribution in [0.15, 0.2) is 17.1 Å². The molecule has 3 N–H and O–H groups in total. The van der Waals surface area contributed by atoms with E-state index in [1.165, 1.54) is 6.20 Å². The number of rotatable bonds is 1. The summed E-state index contributed by atoms with van der Waals surface area (Å²) in [6.45, 7) is -0.120. The maximum atomic E-state index is 8.92. The summed E-state index contributed by atoms with van der Waals surface area (Å²) in [4.78, 5) is 8.07. The number of imidazole rings is 1. The van der Waals surface area contributed by atoms with E-state index in [9.17, 15) is 0 Å². The number of nitrogens with two attached hydrogens (primary N) is 1. The molecule has 0 fully saturated rings. The standard InChI is InChI=1S/C7H7BrN4O/c8-5-7-10-1-4(2-13)6(9)12(7)3-11-5/h1,3,13H,2,9H2. The Morgan fingerprint density at radius 3 is 3.00 bits per heavy atom. The smallest absolute Gasteiger partial charge is 0.172 e. The second-order valence-electron chi connectivity index (χ2n) is 2.56. The van der Waals surface area contributed by atoms with Gasteiger partial charge in [-0.1, -0.05) is 0 Å². The van der Waals surface area contributed by atoms with Gasteiger partial charge >= 0.3 is 0 Å². The van der Waals surface area contributed by atoms with Crippen molar-refractivity contribution in [3.63, 3.8) is 0 Å². The summed E-state index contributed by atoms with van der Waals surface area (Å²) in [5, 5.41) is 8.92. The van der Waals surface area contributed by atoms with Crippen LogP contribution in [0.1, 0.15) is 5.56 Å². The Morgan fingerprint density at radius 1 is 1.54 bits per heavy atom. The van der Waals surface area contributed by atoms with Crippen LogP contribution in [0.5, 0.6) is 0 Å². The van der Waals surface area contributed by atoms with Crippen LogP contribution >= 0.6 is 15.9 Å². The highest BCUT2D eigenvalue weighted by Crippen LogP contribution is 2.18. The van der Waals surface area contributed by atoms with E-state index in [0.717, 1.165) is 0 Å². The molecule has 0 aliphatic carbocycles. The lowest BCUT2D eigenvalue weighted by Gasteiger charge is -2.03. The zero-order valence-electron chi connectivity index (χ0n) is 6.61. The molecule has 2 aromatic rings. The van der Waals surface area contributed by atoms with Crippen molar-refractivity contribution in [3.8, 4) is 0 Å².